The van der Waals surface area contributed by atoms with E-state index in [0.29, 0.717) is 0 Å². The van der Waals surface area contributed by atoms with E-state index in [1.165, 1.54) is 17.9 Å². The second kappa shape index (κ2) is 3.72. The first kappa shape index (κ1) is 7.74. The average Bonchev–Trinajstić information content (AvgIpc) is 2.37. The van der Waals surface area contributed by atoms with E-state index in [1.807, 2.05) is 0 Å². The Kier molecular flexibility index (Phi) is 3.20. The summed E-state index contributed by atoms with van der Waals surface area (Å²) in [5.74, 6) is 5.18. The van der Waals surface area contributed by atoms with Crippen LogP contribution in [0.2, 0.25) is 0 Å². The minimum absolute atomic E-state index is 0.738. The van der Waals surface area contributed by atoms with Crippen LogP contribution in [-0.2, 0) is 0 Å². The standard InChI is InChI=1S/C7H13ClS/c1-6(4-8)7-2-3-9-5-7/h6-7H,2-5H2,1H3. The summed E-state index contributed by atoms with van der Waals surface area (Å²) in [5, 5.41) is 0. The lowest BCUT2D eigenvalue weighted by Crippen LogP contribution is -2.11. The molecule has 0 saturated carbocycles. The Balaban J connectivity index is 2.24. The summed E-state index contributed by atoms with van der Waals surface area (Å²) in [6, 6.07) is 0. The average molecular weight is 165 g/mol. The first-order valence-corrected chi connectivity index (χ1v) is 5.17. The maximum atomic E-state index is 5.72. The Morgan fingerprint density at radius 2 is 2.56 bits per heavy atom. The minimum Gasteiger partial charge on any atom is -0.162 e. The van der Waals surface area contributed by atoms with Gasteiger partial charge in [0.1, 0.15) is 0 Å². The fourth-order valence-corrected chi connectivity index (χ4v) is 2.81. The van der Waals surface area contributed by atoms with Gasteiger partial charge in [-0.2, -0.15) is 11.8 Å². The normalized spacial score (nSPS) is 30.7. The summed E-state index contributed by atoms with van der Waals surface area (Å²) in [6.45, 7) is 2.25. The zero-order valence-corrected chi connectivity index (χ0v) is 7.34. The van der Waals surface area contributed by atoms with Gasteiger partial charge in [0.05, 0.1) is 0 Å². The van der Waals surface area contributed by atoms with E-state index < -0.39 is 0 Å². The van der Waals surface area contributed by atoms with Crippen LogP contribution >= 0.6 is 23.4 Å². The van der Waals surface area contributed by atoms with Crippen molar-refractivity contribution < 1.29 is 0 Å². The topological polar surface area (TPSA) is 0 Å². The minimum atomic E-state index is 0.738. The Morgan fingerprint density at radius 3 is 3.00 bits per heavy atom. The summed E-state index contributed by atoms with van der Waals surface area (Å²) in [5.41, 5.74) is 0. The fraction of sp³-hybridized carbons (Fsp3) is 1.00. The predicted octanol–water partition coefficient (Wildman–Crippen LogP) is 2.61. The number of hydrogen-bond acceptors (Lipinski definition) is 1. The molecule has 0 nitrogen and oxygen atoms in total. The highest BCUT2D eigenvalue weighted by Crippen LogP contribution is 2.29. The van der Waals surface area contributed by atoms with Crippen molar-refractivity contribution in [3.8, 4) is 0 Å². The first-order valence-electron chi connectivity index (χ1n) is 3.48. The van der Waals surface area contributed by atoms with Gasteiger partial charge >= 0.3 is 0 Å². The fourth-order valence-electron chi connectivity index (χ4n) is 1.13. The largest absolute Gasteiger partial charge is 0.162 e. The second-order valence-electron chi connectivity index (χ2n) is 2.76. The van der Waals surface area contributed by atoms with Crippen molar-refractivity contribution >= 4 is 23.4 Å². The van der Waals surface area contributed by atoms with Crippen LogP contribution in [0.5, 0.6) is 0 Å². The van der Waals surface area contributed by atoms with Crippen LogP contribution in [0.4, 0.5) is 0 Å². The third-order valence-corrected chi connectivity index (χ3v) is 3.69. The molecule has 9 heavy (non-hydrogen) atoms. The van der Waals surface area contributed by atoms with Crippen molar-refractivity contribution in [2.75, 3.05) is 17.4 Å². The van der Waals surface area contributed by atoms with Gasteiger partial charge in [0, 0.05) is 5.88 Å². The second-order valence-corrected chi connectivity index (χ2v) is 4.21. The van der Waals surface area contributed by atoms with Crippen molar-refractivity contribution in [2.24, 2.45) is 11.8 Å². The molecule has 0 radical (unpaired) electrons. The number of thioether (sulfide) groups is 1. The molecular weight excluding hydrogens is 152 g/mol. The lowest BCUT2D eigenvalue weighted by molar-refractivity contribution is 0.434. The lowest BCUT2D eigenvalue weighted by atomic mass is 9.96. The van der Waals surface area contributed by atoms with E-state index in [0.717, 1.165) is 17.7 Å². The van der Waals surface area contributed by atoms with Crippen LogP contribution in [-0.4, -0.2) is 17.4 Å². The van der Waals surface area contributed by atoms with Crippen LogP contribution in [0.25, 0.3) is 0 Å². The van der Waals surface area contributed by atoms with Crippen LogP contribution < -0.4 is 0 Å². The van der Waals surface area contributed by atoms with E-state index in [2.05, 4.69) is 18.7 Å². The van der Waals surface area contributed by atoms with Crippen molar-refractivity contribution in [2.45, 2.75) is 13.3 Å². The molecule has 1 heterocycles. The lowest BCUT2D eigenvalue weighted by Gasteiger charge is -2.13. The van der Waals surface area contributed by atoms with E-state index in [1.54, 1.807) is 0 Å². The summed E-state index contributed by atoms with van der Waals surface area (Å²) < 4.78 is 0. The molecule has 0 amide bonds. The molecule has 0 aliphatic carbocycles. The highest BCUT2D eigenvalue weighted by atomic mass is 35.5. The van der Waals surface area contributed by atoms with Crippen molar-refractivity contribution in [3.05, 3.63) is 0 Å². The zero-order chi connectivity index (χ0) is 6.69. The van der Waals surface area contributed by atoms with Gasteiger partial charge in [-0.1, -0.05) is 6.92 Å². The number of halogens is 1. The van der Waals surface area contributed by atoms with E-state index in [4.69, 9.17) is 11.6 Å². The Labute approximate surface area is 66.3 Å². The maximum absolute atomic E-state index is 5.72. The molecule has 2 heteroatoms. The molecule has 0 aromatic carbocycles. The van der Waals surface area contributed by atoms with Crippen LogP contribution in [0.3, 0.4) is 0 Å². The van der Waals surface area contributed by atoms with Crippen molar-refractivity contribution in [3.63, 3.8) is 0 Å². The molecule has 0 aromatic heterocycles. The Bertz CT molecular complexity index is 79.0. The third kappa shape index (κ3) is 2.05. The smallest absolute Gasteiger partial charge is 0.0252 e. The van der Waals surface area contributed by atoms with Crippen molar-refractivity contribution in [1.29, 1.82) is 0 Å². The molecule has 54 valence electrons. The molecule has 2 atom stereocenters. The van der Waals surface area contributed by atoms with Gasteiger partial charge in [-0.05, 0) is 29.8 Å². The molecule has 0 N–H and O–H groups in total. The van der Waals surface area contributed by atoms with E-state index in [-0.39, 0.29) is 0 Å². The summed E-state index contributed by atoms with van der Waals surface area (Å²) in [6.07, 6.45) is 1.39. The molecule has 1 rings (SSSR count). The monoisotopic (exact) mass is 164 g/mol. The number of hydrogen-bond donors (Lipinski definition) is 0. The van der Waals surface area contributed by atoms with Crippen molar-refractivity contribution in [1.82, 2.24) is 0 Å². The first-order chi connectivity index (χ1) is 4.34. The molecule has 2 unspecified atom stereocenters. The molecule has 1 aliphatic heterocycles. The Hall–Kier alpha value is 0.640. The van der Waals surface area contributed by atoms with Crippen LogP contribution in [0.1, 0.15) is 13.3 Å². The molecule has 1 fully saturated rings. The maximum Gasteiger partial charge on any atom is 0.0252 e. The van der Waals surface area contributed by atoms with Crippen LogP contribution in [0, 0.1) is 11.8 Å². The van der Waals surface area contributed by atoms with Gasteiger partial charge in [0.2, 0.25) is 0 Å². The predicted molar refractivity (Wildman–Crippen MR) is 45.3 cm³/mol. The molecule has 0 aromatic rings. The van der Waals surface area contributed by atoms with E-state index in [9.17, 15) is 0 Å². The zero-order valence-electron chi connectivity index (χ0n) is 5.77. The quantitative estimate of drug-likeness (QED) is 0.566. The number of rotatable bonds is 2. The SMILES string of the molecule is CC(CCl)C1CCSC1. The molecule has 1 saturated heterocycles. The molecular formula is C7H13ClS. The summed E-state index contributed by atoms with van der Waals surface area (Å²) in [7, 11) is 0. The summed E-state index contributed by atoms with van der Waals surface area (Å²) in [4.78, 5) is 0. The molecule has 1 aliphatic rings. The van der Waals surface area contributed by atoms with Gasteiger partial charge in [0.25, 0.3) is 0 Å². The van der Waals surface area contributed by atoms with Gasteiger partial charge < -0.3 is 0 Å². The van der Waals surface area contributed by atoms with Gasteiger partial charge in [-0.3, -0.25) is 0 Å². The van der Waals surface area contributed by atoms with Gasteiger partial charge in [-0.15, -0.1) is 11.6 Å². The summed E-state index contributed by atoms with van der Waals surface area (Å²) >= 11 is 7.79. The van der Waals surface area contributed by atoms with Crippen LogP contribution in [0.15, 0.2) is 0 Å². The Morgan fingerprint density at radius 1 is 1.78 bits per heavy atom. The third-order valence-electron chi connectivity index (χ3n) is 2.01. The van der Waals surface area contributed by atoms with E-state index >= 15 is 0 Å². The molecule has 0 bridgehead atoms. The molecule has 0 spiro atoms. The van der Waals surface area contributed by atoms with Gasteiger partial charge in [-0.25, -0.2) is 0 Å². The highest BCUT2D eigenvalue weighted by Gasteiger charge is 2.20. The van der Waals surface area contributed by atoms with Gasteiger partial charge in [0.15, 0.2) is 0 Å². The highest BCUT2D eigenvalue weighted by molar-refractivity contribution is 7.99. The number of alkyl halides is 1.